The van der Waals surface area contributed by atoms with Crippen LogP contribution in [0.3, 0.4) is 0 Å². The summed E-state index contributed by atoms with van der Waals surface area (Å²) < 4.78 is 12.9. The van der Waals surface area contributed by atoms with Gasteiger partial charge in [0.15, 0.2) is 0 Å². The molecule has 1 aliphatic heterocycles. The predicted molar refractivity (Wildman–Crippen MR) is 51.3 cm³/mol. The number of benzene rings is 1. The van der Waals surface area contributed by atoms with Gasteiger partial charge in [-0.3, -0.25) is 0 Å². The molecular formula is C11H14FN. The number of rotatable bonds is 1. The van der Waals surface area contributed by atoms with E-state index in [1.165, 1.54) is 6.07 Å². The first-order chi connectivity index (χ1) is 6.25. The molecule has 2 heteroatoms. The van der Waals surface area contributed by atoms with Gasteiger partial charge in [0.1, 0.15) is 5.82 Å². The summed E-state index contributed by atoms with van der Waals surface area (Å²) in [5, 5.41) is 0. The van der Waals surface area contributed by atoms with Gasteiger partial charge in [0, 0.05) is 6.54 Å². The lowest BCUT2D eigenvalue weighted by Crippen LogP contribution is -2.13. The number of nitrogens with zero attached hydrogens (tertiary/aromatic N) is 1. The molecule has 1 heterocycles. The number of likely N-dealkylation sites (N-methyl/N-ethyl adjacent to an activating group) is 1. The minimum absolute atomic E-state index is 0.118. The van der Waals surface area contributed by atoms with Gasteiger partial charge in [-0.05, 0) is 43.6 Å². The van der Waals surface area contributed by atoms with Crippen LogP contribution in [0.4, 0.5) is 4.39 Å². The molecule has 1 fully saturated rings. The van der Waals surface area contributed by atoms with Crippen molar-refractivity contribution in [3.05, 3.63) is 35.6 Å². The number of hydrogen-bond donors (Lipinski definition) is 0. The van der Waals surface area contributed by atoms with E-state index < -0.39 is 0 Å². The zero-order chi connectivity index (χ0) is 9.26. The normalized spacial score (nSPS) is 23.7. The Morgan fingerprint density at radius 1 is 1.46 bits per heavy atom. The fraction of sp³-hybridized carbons (Fsp3) is 0.455. The second kappa shape index (κ2) is 3.46. The van der Waals surface area contributed by atoms with Gasteiger partial charge in [0.25, 0.3) is 0 Å². The van der Waals surface area contributed by atoms with Crippen molar-refractivity contribution in [2.45, 2.75) is 12.3 Å². The highest BCUT2D eigenvalue weighted by Gasteiger charge is 2.20. The number of likely N-dealkylation sites (tertiary alicyclic amines) is 1. The maximum atomic E-state index is 12.9. The highest BCUT2D eigenvalue weighted by atomic mass is 19.1. The van der Waals surface area contributed by atoms with Gasteiger partial charge in [-0.2, -0.15) is 0 Å². The molecular weight excluding hydrogens is 165 g/mol. The summed E-state index contributed by atoms with van der Waals surface area (Å²) in [5.74, 6) is 0.410. The summed E-state index contributed by atoms with van der Waals surface area (Å²) in [7, 11) is 2.11. The van der Waals surface area contributed by atoms with E-state index in [1.54, 1.807) is 12.1 Å². The van der Waals surface area contributed by atoms with Crippen molar-refractivity contribution in [2.24, 2.45) is 0 Å². The summed E-state index contributed by atoms with van der Waals surface area (Å²) in [5.41, 5.74) is 1.14. The first-order valence-corrected chi connectivity index (χ1v) is 4.70. The van der Waals surface area contributed by atoms with E-state index in [2.05, 4.69) is 11.9 Å². The number of hydrogen-bond acceptors (Lipinski definition) is 1. The molecule has 0 radical (unpaired) electrons. The van der Waals surface area contributed by atoms with E-state index in [-0.39, 0.29) is 5.82 Å². The molecule has 1 aromatic rings. The molecule has 1 atom stereocenters. The maximum absolute atomic E-state index is 12.9. The molecule has 0 aromatic heterocycles. The number of halogens is 1. The zero-order valence-electron chi connectivity index (χ0n) is 7.83. The van der Waals surface area contributed by atoms with E-state index in [4.69, 9.17) is 0 Å². The lowest BCUT2D eigenvalue weighted by molar-refractivity contribution is 0.411. The van der Waals surface area contributed by atoms with Crippen molar-refractivity contribution in [3.63, 3.8) is 0 Å². The predicted octanol–water partition coefficient (Wildman–Crippen LogP) is 2.24. The molecule has 1 aromatic carbocycles. The molecule has 1 saturated heterocycles. The molecule has 0 spiro atoms. The first-order valence-electron chi connectivity index (χ1n) is 4.70. The van der Waals surface area contributed by atoms with Gasteiger partial charge in [0.2, 0.25) is 0 Å². The van der Waals surface area contributed by atoms with Crippen molar-refractivity contribution < 1.29 is 4.39 Å². The Hall–Kier alpha value is -0.890. The smallest absolute Gasteiger partial charge is 0.123 e. The van der Waals surface area contributed by atoms with Gasteiger partial charge < -0.3 is 4.90 Å². The fourth-order valence-corrected chi connectivity index (χ4v) is 1.97. The van der Waals surface area contributed by atoms with Crippen LogP contribution in [0, 0.1) is 5.82 Å². The van der Waals surface area contributed by atoms with Gasteiger partial charge in [-0.15, -0.1) is 0 Å². The van der Waals surface area contributed by atoms with Crippen LogP contribution in [0.2, 0.25) is 0 Å². The Morgan fingerprint density at radius 2 is 2.31 bits per heavy atom. The Morgan fingerprint density at radius 3 is 2.92 bits per heavy atom. The second-order valence-corrected chi connectivity index (χ2v) is 3.80. The molecule has 1 nitrogen and oxygen atoms in total. The van der Waals surface area contributed by atoms with Crippen LogP contribution in [-0.4, -0.2) is 25.0 Å². The molecule has 0 bridgehead atoms. The highest BCUT2D eigenvalue weighted by Crippen LogP contribution is 2.26. The van der Waals surface area contributed by atoms with Gasteiger partial charge >= 0.3 is 0 Å². The third-order valence-electron chi connectivity index (χ3n) is 2.71. The Balaban J connectivity index is 2.16. The minimum atomic E-state index is -0.118. The molecule has 2 rings (SSSR count). The lowest BCUT2D eigenvalue weighted by Gasteiger charge is -2.10. The summed E-state index contributed by atoms with van der Waals surface area (Å²) in [6, 6.07) is 6.97. The van der Waals surface area contributed by atoms with E-state index in [0.29, 0.717) is 5.92 Å². The second-order valence-electron chi connectivity index (χ2n) is 3.80. The van der Waals surface area contributed by atoms with Crippen molar-refractivity contribution >= 4 is 0 Å². The quantitative estimate of drug-likeness (QED) is 0.639. The first kappa shape index (κ1) is 8.70. The third-order valence-corrected chi connectivity index (χ3v) is 2.71. The molecule has 70 valence electrons. The van der Waals surface area contributed by atoms with E-state index in [9.17, 15) is 4.39 Å². The van der Waals surface area contributed by atoms with Gasteiger partial charge in [-0.1, -0.05) is 12.1 Å². The standard InChI is InChI=1S/C11H14FN/c1-13-6-5-10(8-13)9-3-2-4-11(12)7-9/h2-4,7,10H,5-6,8H2,1H3. The lowest BCUT2D eigenvalue weighted by atomic mass is 9.98. The summed E-state index contributed by atoms with van der Waals surface area (Å²) in [6.07, 6.45) is 1.15. The summed E-state index contributed by atoms with van der Waals surface area (Å²) in [4.78, 5) is 2.29. The summed E-state index contributed by atoms with van der Waals surface area (Å²) in [6.45, 7) is 2.19. The summed E-state index contributed by atoms with van der Waals surface area (Å²) >= 11 is 0. The van der Waals surface area contributed by atoms with Crippen molar-refractivity contribution in [1.29, 1.82) is 0 Å². The van der Waals surface area contributed by atoms with Crippen LogP contribution in [0.25, 0.3) is 0 Å². The largest absolute Gasteiger partial charge is 0.306 e. The van der Waals surface area contributed by atoms with Crippen LogP contribution in [0.1, 0.15) is 17.9 Å². The van der Waals surface area contributed by atoms with Crippen LogP contribution in [-0.2, 0) is 0 Å². The molecule has 0 saturated carbocycles. The van der Waals surface area contributed by atoms with Crippen molar-refractivity contribution in [3.8, 4) is 0 Å². The Bertz CT molecular complexity index is 298. The van der Waals surface area contributed by atoms with Crippen molar-refractivity contribution in [1.82, 2.24) is 4.90 Å². The Kier molecular flexibility index (Phi) is 2.32. The molecule has 0 N–H and O–H groups in total. The average molecular weight is 179 g/mol. The molecule has 1 unspecified atom stereocenters. The zero-order valence-corrected chi connectivity index (χ0v) is 7.83. The van der Waals surface area contributed by atoms with Crippen LogP contribution < -0.4 is 0 Å². The van der Waals surface area contributed by atoms with Gasteiger partial charge in [0.05, 0.1) is 0 Å². The molecule has 13 heavy (non-hydrogen) atoms. The molecule has 0 amide bonds. The fourth-order valence-electron chi connectivity index (χ4n) is 1.97. The Labute approximate surface area is 78.2 Å². The van der Waals surface area contributed by atoms with Crippen LogP contribution in [0.15, 0.2) is 24.3 Å². The minimum Gasteiger partial charge on any atom is -0.306 e. The average Bonchev–Trinajstić information content (AvgIpc) is 2.52. The third kappa shape index (κ3) is 1.89. The van der Waals surface area contributed by atoms with Crippen LogP contribution in [0.5, 0.6) is 0 Å². The van der Waals surface area contributed by atoms with Gasteiger partial charge in [-0.25, -0.2) is 4.39 Å². The molecule has 1 aliphatic rings. The topological polar surface area (TPSA) is 3.24 Å². The highest BCUT2D eigenvalue weighted by molar-refractivity contribution is 5.22. The van der Waals surface area contributed by atoms with Crippen LogP contribution >= 0.6 is 0 Å². The van der Waals surface area contributed by atoms with E-state index in [1.807, 2.05) is 6.07 Å². The van der Waals surface area contributed by atoms with Crippen molar-refractivity contribution in [2.75, 3.05) is 20.1 Å². The molecule has 0 aliphatic carbocycles. The van der Waals surface area contributed by atoms with E-state index >= 15 is 0 Å². The SMILES string of the molecule is CN1CCC(c2cccc(F)c2)C1. The monoisotopic (exact) mass is 179 g/mol. The van der Waals surface area contributed by atoms with E-state index in [0.717, 1.165) is 25.1 Å². The maximum Gasteiger partial charge on any atom is 0.123 e.